The Bertz CT molecular complexity index is 927. The average molecular weight is 387 g/mol. The van der Waals surface area contributed by atoms with Crippen molar-refractivity contribution in [1.29, 1.82) is 0 Å². The maximum Gasteiger partial charge on any atom is 0.311 e. The molecule has 7 nitrogen and oxygen atoms in total. The standard InChI is InChI=1S/C19H21N3O4S/c1-11-8-13-6-4-5-7-15(13)22(11)18(25)12(2)27-19-20-14(9-16(23)21-19)10-17(24)26-3/h4-7,9,11-12H,8,10H2,1-3H3,(H,20,21,23)/t11-,12-/m0/s1. The number of amides is 1. The Labute approximate surface area is 161 Å². The van der Waals surface area contributed by atoms with E-state index in [0.717, 1.165) is 17.7 Å². The molecule has 0 unspecified atom stereocenters. The zero-order valence-corrected chi connectivity index (χ0v) is 16.2. The Kier molecular flexibility index (Phi) is 5.65. The van der Waals surface area contributed by atoms with Crippen LogP contribution in [-0.4, -0.2) is 40.2 Å². The van der Waals surface area contributed by atoms with Crippen LogP contribution in [0.5, 0.6) is 0 Å². The minimum atomic E-state index is -0.476. The summed E-state index contributed by atoms with van der Waals surface area (Å²) in [4.78, 5) is 45.0. The topological polar surface area (TPSA) is 92.4 Å². The Morgan fingerprint density at radius 3 is 2.89 bits per heavy atom. The molecule has 0 saturated heterocycles. The molecule has 0 fully saturated rings. The van der Waals surface area contributed by atoms with Crippen molar-refractivity contribution in [2.75, 3.05) is 12.0 Å². The molecule has 1 N–H and O–H groups in total. The van der Waals surface area contributed by atoms with Crippen molar-refractivity contribution < 1.29 is 14.3 Å². The number of benzene rings is 1. The molecular weight excluding hydrogens is 366 g/mol. The number of thioether (sulfide) groups is 1. The number of aromatic nitrogens is 2. The van der Waals surface area contributed by atoms with Crippen molar-refractivity contribution in [3.63, 3.8) is 0 Å². The maximum atomic E-state index is 13.0. The van der Waals surface area contributed by atoms with Gasteiger partial charge in [-0.2, -0.15) is 0 Å². The molecule has 1 aromatic carbocycles. The van der Waals surface area contributed by atoms with Gasteiger partial charge in [0.2, 0.25) is 5.91 Å². The number of ether oxygens (including phenoxy) is 1. The van der Waals surface area contributed by atoms with E-state index < -0.39 is 11.2 Å². The third-order valence-corrected chi connectivity index (χ3v) is 5.38. The van der Waals surface area contributed by atoms with Gasteiger partial charge in [-0.25, -0.2) is 4.98 Å². The van der Waals surface area contributed by atoms with Crippen LogP contribution in [0.1, 0.15) is 25.1 Å². The van der Waals surface area contributed by atoms with Gasteiger partial charge < -0.3 is 14.6 Å². The van der Waals surface area contributed by atoms with E-state index in [-0.39, 0.29) is 23.9 Å². The number of fused-ring (bicyclic) bond motifs is 1. The predicted octanol–water partition coefficient (Wildman–Crippen LogP) is 1.94. The first-order valence-corrected chi connectivity index (χ1v) is 9.51. The molecular formula is C19H21N3O4S. The van der Waals surface area contributed by atoms with Crippen molar-refractivity contribution in [3.05, 3.63) is 51.9 Å². The van der Waals surface area contributed by atoms with Crippen LogP contribution in [0.25, 0.3) is 0 Å². The Morgan fingerprint density at radius 1 is 1.41 bits per heavy atom. The third-order valence-electron chi connectivity index (χ3n) is 4.41. The zero-order chi connectivity index (χ0) is 19.6. The molecule has 1 aliphatic heterocycles. The van der Waals surface area contributed by atoms with Gasteiger partial charge in [0, 0.05) is 17.8 Å². The molecule has 2 heterocycles. The molecule has 1 amide bonds. The summed E-state index contributed by atoms with van der Waals surface area (Å²) < 4.78 is 4.61. The van der Waals surface area contributed by atoms with E-state index in [4.69, 9.17) is 0 Å². The molecule has 1 aromatic heterocycles. The third kappa shape index (κ3) is 4.21. The van der Waals surface area contributed by atoms with Crippen LogP contribution in [0.4, 0.5) is 5.69 Å². The van der Waals surface area contributed by atoms with Gasteiger partial charge in [0.25, 0.3) is 5.56 Å². The minimum absolute atomic E-state index is 0.0431. The van der Waals surface area contributed by atoms with Gasteiger partial charge in [-0.05, 0) is 31.9 Å². The molecule has 8 heteroatoms. The molecule has 1 aliphatic rings. The molecule has 0 aliphatic carbocycles. The first-order valence-electron chi connectivity index (χ1n) is 8.63. The smallest absolute Gasteiger partial charge is 0.311 e. The molecule has 2 atom stereocenters. The number of nitrogens with zero attached hydrogens (tertiary/aromatic N) is 2. The summed E-state index contributed by atoms with van der Waals surface area (Å²) in [5.41, 5.74) is 2.03. The van der Waals surface area contributed by atoms with Crippen LogP contribution in [0.15, 0.2) is 40.3 Å². The number of hydrogen-bond acceptors (Lipinski definition) is 6. The van der Waals surface area contributed by atoms with Crippen LogP contribution in [0.3, 0.4) is 0 Å². The number of H-pyrrole nitrogens is 1. The van der Waals surface area contributed by atoms with Gasteiger partial charge in [-0.3, -0.25) is 14.4 Å². The predicted molar refractivity (Wildman–Crippen MR) is 103 cm³/mol. The average Bonchev–Trinajstić information content (AvgIpc) is 2.96. The summed E-state index contributed by atoms with van der Waals surface area (Å²) >= 11 is 1.17. The number of hydrogen-bond donors (Lipinski definition) is 1. The van der Waals surface area contributed by atoms with Crippen LogP contribution >= 0.6 is 11.8 Å². The fourth-order valence-electron chi connectivity index (χ4n) is 3.16. The number of carbonyl (C=O) groups is 2. The molecule has 27 heavy (non-hydrogen) atoms. The largest absolute Gasteiger partial charge is 0.469 e. The molecule has 3 rings (SSSR count). The minimum Gasteiger partial charge on any atom is -0.469 e. The summed E-state index contributed by atoms with van der Waals surface area (Å²) in [6.07, 6.45) is 0.732. The van der Waals surface area contributed by atoms with Crippen LogP contribution in [-0.2, 0) is 27.2 Å². The summed E-state index contributed by atoms with van der Waals surface area (Å²) in [7, 11) is 1.28. The molecule has 0 spiro atoms. The van der Waals surface area contributed by atoms with Crippen molar-refractivity contribution >= 4 is 29.3 Å². The van der Waals surface area contributed by atoms with Crippen molar-refractivity contribution in [2.45, 2.75) is 43.1 Å². The summed E-state index contributed by atoms with van der Waals surface area (Å²) in [6, 6.07) is 9.21. The van der Waals surface area contributed by atoms with E-state index in [9.17, 15) is 14.4 Å². The summed E-state index contributed by atoms with van der Waals surface area (Å²) in [5.74, 6) is -0.519. The SMILES string of the molecule is COC(=O)Cc1cc(=O)[nH]c(S[C@@H](C)C(=O)N2c3ccccc3C[C@@H]2C)n1. The molecule has 0 saturated carbocycles. The number of carbonyl (C=O) groups excluding carboxylic acids is 2. The lowest BCUT2D eigenvalue weighted by molar-refractivity contribution is -0.139. The Hall–Kier alpha value is -2.61. The van der Waals surface area contributed by atoms with Crippen molar-refractivity contribution in [2.24, 2.45) is 0 Å². The number of esters is 1. The zero-order valence-electron chi connectivity index (χ0n) is 15.4. The second kappa shape index (κ2) is 7.96. The number of nitrogens with one attached hydrogen (secondary N) is 1. The Balaban J connectivity index is 1.77. The number of para-hydroxylation sites is 1. The molecule has 0 radical (unpaired) electrons. The fourth-order valence-corrected chi connectivity index (χ4v) is 4.04. The second-order valence-corrected chi connectivity index (χ2v) is 7.77. The van der Waals surface area contributed by atoms with E-state index in [1.807, 2.05) is 36.1 Å². The van der Waals surface area contributed by atoms with Crippen molar-refractivity contribution in [3.8, 4) is 0 Å². The van der Waals surface area contributed by atoms with Crippen molar-refractivity contribution in [1.82, 2.24) is 9.97 Å². The lowest BCUT2D eigenvalue weighted by Crippen LogP contribution is -2.40. The van der Waals surface area contributed by atoms with Gasteiger partial charge in [-0.1, -0.05) is 30.0 Å². The highest BCUT2D eigenvalue weighted by Gasteiger charge is 2.33. The lowest BCUT2D eigenvalue weighted by atomic mass is 10.1. The van der Waals surface area contributed by atoms with Crippen LogP contribution in [0, 0.1) is 0 Å². The number of methoxy groups -OCH3 is 1. The summed E-state index contributed by atoms with van der Waals surface area (Å²) in [5, 5.41) is -0.141. The fraction of sp³-hybridized carbons (Fsp3) is 0.368. The number of rotatable bonds is 5. The van der Waals surface area contributed by atoms with E-state index in [2.05, 4.69) is 14.7 Å². The molecule has 142 valence electrons. The first kappa shape index (κ1) is 19.2. The summed E-state index contributed by atoms with van der Waals surface area (Å²) in [6.45, 7) is 3.81. The molecule has 0 bridgehead atoms. The highest BCUT2D eigenvalue weighted by atomic mass is 32.2. The van der Waals surface area contributed by atoms with Gasteiger partial charge in [-0.15, -0.1) is 0 Å². The van der Waals surface area contributed by atoms with Crippen LogP contribution < -0.4 is 10.5 Å². The maximum absolute atomic E-state index is 13.0. The van der Waals surface area contributed by atoms with Gasteiger partial charge >= 0.3 is 5.97 Å². The highest BCUT2D eigenvalue weighted by Crippen LogP contribution is 2.34. The van der Waals surface area contributed by atoms with Gasteiger partial charge in [0.1, 0.15) is 0 Å². The molecule has 2 aromatic rings. The van der Waals surface area contributed by atoms with E-state index in [0.29, 0.717) is 10.9 Å². The van der Waals surface area contributed by atoms with Crippen LogP contribution in [0.2, 0.25) is 0 Å². The monoisotopic (exact) mass is 387 g/mol. The second-order valence-electron chi connectivity index (χ2n) is 6.44. The van der Waals surface area contributed by atoms with E-state index in [1.54, 1.807) is 6.92 Å². The lowest BCUT2D eigenvalue weighted by Gasteiger charge is -2.25. The first-order chi connectivity index (χ1) is 12.9. The van der Waals surface area contributed by atoms with Gasteiger partial charge in [0.15, 0.2) is 5.16 Å². The number of anilines is 1. The quantitative estimate of drug-likeness (QED) is 0.479. The van der Waals surface area contributed by atoms with E-state index >= 15 is 0 Å². The van der Waals surface area contributed by atoms with Gasteiger partial charge in [0.05, 0.1) is 24.5 Å². The highest BCUT2D eigenvalue weighted by molar-refractivity contribution is 8.00. The number of aromatic amines is 1. The van der Waals surface area contributed by atoms with E-state index in [1.165, 1.54) is 24.9 Å². The normalized spacial score (nSPS) is 16.7. The Morgan fingerprint density at radius 2 is 2.15 bits per heavy atom.